The molecule has 0 aromatic carbocycles. The first-order valence-corrected chi connectivity index (χ1v) is 6.50. The molecule has 0 spiro atoms. The van der Waals surface area contributed by atoms with Crippen LogP contribution >= 0.6 is 0 Å². The van der Waals surface area contributed by atoms with Gasteiger partial charge in [-0.15, -0.1) is 0 Å². The van der Waals surface area contributed by atoms with E-state index < -0.39 is 5.60 Å². The van der Waals surface area contributed by atoms with Crippen molar-refractivity contribution in [3.63, 3.8) is 0 Å². The van der Waals surface area contributed by atoms with Gasteiger partial charge in [0.25, 0.3) is 0 Å². The Labute approximate surface area is 99.6 Å². The molecule has 16 heavy (non-hydrogen) atoms. The van der Waals surface area contributed by atoms with Crippen molar-refractivity contribution in [3.05, 3.63) is 0 Å². The van der Waals surface area contributed by atoms with Gasteiger partial charge in [0, 0.05) is 19.7 Å². The minimum absolute atomic E-state index is 0.537. The standard InChI is InChI=1S/C13H27NO2/c1-11(2)7-13(3,15)10-14-8-12-5-4-6-16-9-12/h11-12,14-15H,4-10H2,1-3H3. The lowest BCUT2D eigenvalue weighted by molar-refractivity contribution is 0.0290. The maximum absolute atomic E-state index is 10.1. The highest BCUT2D eigenvalue weighted by atomic mass is 16.5. The highest BCUT2D eigenvalue weighted by Crippen LogP contribution is 2.16. The Morgan fingerprint density at radius 1 is 1.50 bits per heavy atom. The molecule has 2 atom stereocenters. The molecule has 0 saturated carbocycles. The molecule has 2 unspecified atom stereocenters. The maximum Gasteiger partial charge on any atom is 0.0746 e. The Hall–Kier alpha value is -0.120. The van der Waals surface area contributed by atoms with Crippen molar-refractivity contribution in [2.24, 2.45) is 11.8 Å². The van der Waals surface area contributed by atoms with Crippen LogP contribution in [0.2, 0.25) is 0 Å². The van der Waals surface area contributed by atoms with Crippen LogP contribution in [0.1, 0.15) is 40.0 Å². The molecule has 0 aromatic heterocycles. The maximum atomic E-state index is 10.1. The largest absolute Gasteiger partial charge is 0.389 e. The molecule has 1 rings (SSSR count). The molecule has 1 aliphatic heterocycles. The van der Waals surface area contributed by atoms with E-state index in [4.69, 9.17) is 4.74 Å². The zero-order valence-corrected chi connectivity index (χ0v) is 11.0. The van der Waals surface area contributed by atoms with E-state index in [1.54, 1.807) is 0 Å². The van der Waals surface area contributed by atoms with Gasteiger partial charge in [-0.1, -0.05) is 13.8 Å². The second kappa shape index (κ2) is 6.58. The van der Waals surface area contributed by atoms with Gasteiger partial charge in [0.05, 0.1) is 12.2 Å². The van der Waals surface area contributed by atoms with Gasteiger partial charge in [-0.2, -0.15) is 0 Å². The SMILES string of the molecule is CC(C)CC(C)(O)CNCC1CCCOC1. The highest BCUT2D eigenvalue weighted by Gasteiger charge is 2.22. The number of nitrogens with one attached hydrogen (secondary N) is 1. The zero-order valence-electron chi connectivity index (χ0n) is 11.0. The van der Waals surface area contributed by atoms with E-state index in [1.807, 2.05) is 6.92 Å². The van der Waals surface area contributed by atoms with Crippen molar-refractivity contribution in [2.45, 2.75) is 45.6 Å². The van der Waals surface area contributed by atoms with E-state index in [0.717, 1.165) is 26.2 Å². The monoisotopic (exact) mass is 229 g/mol. The smallest absolute Gasteiger partial charge is 0.0746 e. The first-order chi connectivity index (χ1) is 7.49. The third-order valence-electron chi connectivity index (χ3n) is 3.04. The van der Waals surface area contributed by atoms with Gasteiger partial charge in [0.2, 0.25) is 0 Å². The van der Waals surface area contributed by atoms with Crippen LogP contribution in [0, 0.1) is 11.8 Å². The van der Waals surface area contributed by atoms with Gasteiger partial charge >= 0.3 is 0 Å². The third-order valence-corrected chi connectivity index (χ3v) is 3.04. The van der Waals surface area contributed by atoms with E-state index in [2.05, 4.69) is 19.2 Å². The summed E-state index contributed by atoms with van der Waals surface area (Å²) in [4.78, 5) is 0. The van der Waals surface area contributed by atoms with Crippen molar-refractivity contribution in [3.8, 4) is 0 Å². The van der Waals surface area contributed by atoms with Crippen LogP contribution in [0.4, 0.5) is 0 Å². The summed E-state index contributed by atoms with van der Waals surface area (Å²) in [6, 6.07) is 0. The Morgan fingerprint density at radius 2 is 2.25 bits per heavy atom. The van der Waals surface area contributed by atoms with E-state index >= 15 is 0 Å². The van der Waals surface area contributed by atoms with Crippen LogP contribution in [0.3, 0.4) is 0 Å². The molecule has 0 amide bonds. The number of aliphatic hydroxyl groups is 1. The Kier molecular flexibility index (Phi) is 5.73. The molecule has 3 heteroatoms. The lowest BCUT2D eigenvalue weighted by atomic mass is 9.94. The molecule has 3 nitrogen and oxygen atoms in total. The molecular weight excluding hydrogens is 202 g/mol. The molecule has 0 aromatic rings. The summed E-state index contributed by atoms with van der Waals surface area (Å²) in [6.45, 7) is 9.64. The fourth-order valence-corrected chi connectivity index (χ4v) is 2.47. The van der Waals surface area contributed by atoms with Crippen molar-refractivity contribution in [2.75, 3.05) is 26.3 Å². The predicted octanol–water partition coefficient (Wildman–Crippen LogP) is 1.80. The second-order valence-corrected chi connectivity index (χ2v) is 5.81. The molecule has 1 heterocycles. The van der Waals surface area contributed by atoms with Crippen LogP contribution in [0.25, 0.3) is 0 Å². The van der Waals surface area contributed by atoms with Gasteiger partial charge < -0.3 is 15.2 Å². The summed E-state index contributed by atoms with van der Waals surface area (Å²) in [5.74, 6) is 1.17. The van der Waals surface area contributed by atoms with Crippen LogP contribution in [-0.4, -0.2) is 37.0 Å². The summed E-state index contributed by atoms with van der Waals surface area (Å²) < 4.78 is 5.43. The predicted molar refractivity (Wildman–Crippen MR) is 66.5 cm³/mol. The molecule has 0 aliphatic carbocycles. The average Bonchev–Trinajstić information content (AvgIpc) is 2.16. The molecule has 96 valence electrons. The Bertz CT molecular complexity index is 186. The summed E-state index contributed by atoms with van der Waals surface area (Å²) >= 11 is 0. The molecule has 1 fully saturated rings. The first-order valence-electron chi connectivity index (χ1n) is 6.50. The summed E-state index contributed by atoms with van der Waals surface area (Å²) in [5.41, 5.74) is -0.580. The Balaban J connectivity index is 2.13. The van der Waals surface area contributed by atoms with Gasteiger partial charge in [-0.25, -0.2) is 0 Å². The average molecular weight is 229 g/mol. The summed E-state index contributed by atoms with van der Waals surface area (Å²) in [6.07, 6.45) is 3.27. The summed E-state index contributed by atoms with van der Waals surface area (Å²) in [5, 5.41) is 13.5. The van der Waals surface area contributed by atoms with Gasteiger partial charge in [0.1, 0.15) is 0 Å². The van der Waals surface area contributed by atoms with Gasteiger partial charge in [-0.3, -0.25) is 0 Å². The van der Waals surface area contributed by atoms with E-state index in [9.17, 15) is 5.11 Å². The quantitative estimate of drug-likeness (QED) is 0.730. The van der Waals surface area contributed by atoms with E-state index in [0.29, 0.717) is 18.4 Å². The van der Waals surface area contributed by atoms with Gasteiger partial charge in [-0.05, 0) is 38.0 Å². The second-order valence-electron chi connectivity index (χ2n) is 5.81. The number of ether oxygens (including phenoxy) is 1. The molecule has 0 bridgehead atoms. The highest BCUT2D eigenvalue weighted by molar-refractivity contribution is 4.78. The molecule has 1 aliphatic rings. The minimum Gasteiger partial charge on any atom is -0.389 e. The van der Waals surface area contributed by atoms with Crippen molar-refractivity contribution >= 4 is 0 Å². The van der Waals surface area contributed by atoms with Crippen LogP contribution in [0.5, 0.6) is 0 Å². The lowest BCUT2D eigenvalue weighted by Gasteiger charge is -2.28. The molecule has 2 N–H and O–H groups in total. The molecule has 1 saturated heterocycles. The van der Waals surface area contributed by atoms with Crippen molar-refractivity contribution < 1.29 is 9.84 Å². The Morgan fingerprint density at radius 3 is 2.81 bits per heavy atom. The minimum atomic E-state index is -0.580. The fourth-order valence-electron chi connectivity index (χ4n) is 2.47. The van der Waals surface area contributed by atoms with E-state index in [1.165, 1.54) is 12.8 Å². The van der Waals surface area contributed by atoms with Crippen LogP contribution < -0.4 is 5.32 Å². The van der Waals surface area contributed by atoms with Crippen molar-refractivity contribution in [1.82, 2.24) is 5.32 Å². The van der Waals surface area contributed by atoms with Crippen LogP contribution in [-0.2, 0) is 4.74 Å². The number of hydrogen-bond acceptors (Lipinski definition) is 3. The number of rotatable bonds is 6. The van der Waals surface area contributed by atoms with Crippen LogP contribution in [0.15, 0.2) is 0 Å². The van der Waals surface area contributed by atoms with E-state index in [-0.39, 0.29) is 0 Å². The lowest BCUT2D eigenvalue weighted by Crippen LogP contribution is -2.41. The zero-order chi connectivity index (χ0) is 12.0. The molecule has 0 radical (unpaired) electrons. The fraction of sp³-hybridized carbons (Fsp3) is 1.00. The first kappa shape index (κ1) is 13.9. The van der Waals surface area contributed by atoms with Crippen molar-refractivity contribution in [1.29, 1.82) is 0 Å². The van der Waals surface area contributed by atoms with Gasteiger partial charge in [0.15, 0.2) is 0 Å². The topological polar surface area (TPSA) is 41.5 Å². The molecular formula is C13H27NO2. The third kappa shape index (κ3) is 5.83. The summed E-state index contributed by atoms with van der Waals surface area (Å²) in [7, 11) is 0. The number of hydrogen-bond donors (Lipinski definition) is 2. The normalized spacial score (nSPS) is 25.7.